The number of aliphatic hydroxyl groups is 1. The minimum Gasteiger partial charge on any atom is -0.447 e. The summed E-state index contributed by atoms with van der Waals surface area (Å²) >= 11 is 0. The Hall–Kier alpha value is -2.37. The third kappa shape index (κ3) is 6.81. The van der Waals surface area contributed by atoms with Crippen molar-refractivity contribution in [3.05, 3.63) is 47.4 Å². The number of hydrogen-bond donors (Lipinski definition) is 2. The number of rotatable bonds is 8. The Morgan fingerprint density at radius 2 is 1.79 bits per heavy atom. The molecule has 2 aromatic rings. The number of aromatic nitrogens is 1. The molecule has 180 valence electrons. The van der Waals surface area contributed by atoms with E-state index < -0.39 is 5.91 Å². The van der Waals surface area contributed by atoms with Gasteiger partial charge >= 0.3 is 0 Å². The second kappa shape index (κ2) is 11.2. The van der Waals surface area contributed by atoms with Crippen LogP contribution >= 0.6 is 0 Å². The fourth-order valence-corrected chi connectivity index (χ4v) is 4.11. The normalized spacial score (nSPS) is 19.5. The molecule has 0 aliphatic carbocycles. The predicted molar refractivity (Wildman–Crippen MR) is 121 cm³/mol. The van der Waals surface area contributed by atoms with Crippen LogP contribution in [0.25, 0.3) is 0 Å². The van der Waals surface area contributed by atoms with Gasteiger partial charge in [-0.15, -0.1) is 0 Å². The SMILES string of the molecule is Cc1ccc(NC(=O)c2coc(CN3CCN(C[C@H](O)CN4CCOCC4)CC3)n2)cc1F. The number of β-amino-alcohol motifs (C(OH)–C–C–N with tert-alkyl or cyclic N) is 1. The molecule has 1 aromatic carbocycles. The van der Waals surface area contributed by atoms with E-state index in [1.807, 2.05) is 0 Å². The molecule has 10 heteroatoms. The van der Waals surface area contributed by atoms with Gasteiger partial charge in [-0.25, -0.2) is 9.37 Å². The molecule has 0 radical (unpaired) electrons. The molecule has 4 rings (SSSR count). The van der Waals surface area contributed by atoms with Crippen molar-refractivity contribution in [1.29, 1.82) is 0 Å². The van der Waals surface area contributed by atoms with E-state index >= 15 is 0 Å². The monoisotopic (exact) mass is 461 g/mol. The van der Waals surface area contributed by atoms with Crippen molar-refractivity contribution in [2.45, 2.75) is 19.6 Å². The van der Waals surface area contributed by atoms with Crippen LogP contribution in [0, 0.1) is 12.7 Å². The van der Waals surface area contributed by atoms with Gasteiger partial charge in [-0.3, -0.25) is 19.5 Å². The molecular weight excluding hydrogens is 429 g/mol. The summed E-state index contributed by atoms with van der Waals surface area (Å²) in [6.07, 6.45) is 0.956. The first-order chi connectivity index (χ1) is 16.0. The van der Waals surface area contributed by atoms with Gasteiger partial charge in [-0.2, -0.15) is 0 Å². The van der Waals surface area contributed by atoms with Crippen molar-refractivity contribution in [2.75, 3.05) is 70.9 Å². The van der Waals surface area contributed by atoms with Crippen LogP contribution in [-0.2, 0) is 11.3 Å². The summed E-state index contributed by atoms with van der Waals surface area (Å²) < 4.78 is 24.5. The number of piperazine rings is 1. The first-order valence-corrected chi connectivity index (χ1v) is 11.4. The highest BCUT2D eigenvalue weighted by atomic mass is 19.1. The highest BCUT2D eigenvalue weighted by molar-refractivity contribution is 6.02. The van der Waals surface area contributed by atoms with E-state index in [1.54, 1.807) is 19.1 Å². The number of hydrogen-bond acceptors (Lipinski definition) is 8. The summed E-state index contributed by atoms with van der Waals surface area (Å²) in [7, 11) is 0. The third-order valence-electron chi connectivity index (χ3n) is 6.08. The van der Waals surface area contributed by atoms with Crippen LogP contribution in [0.3, 0.4) is 0 Å². The van der Waals surface area contributed by atoms with Crippen LogP contribution in [0.5, 0.6) is 0 Å². The van der Waals surface area contributed by atoms with Crippen LogP contribution in [0.1, 0.15) is 21.9 Å². The molecule has 2 fully saturated rings. The second-order valence-corrected chi connectivity index (χ2v) is 8.69. The summed E-state index contributed by atoms with van der Waals surface area (Å²) in [6, 6.07) is 4.54. The Kier molecular flexibility index (Phi) is 8.05. The summed E-state index contributed by atoms with van der Waals surface area (Å²) in [5.74, 6) is -0.343. The van der Waals surface area contributed by atoms with Gasteiger partial charge in [0.05, 0.1) is 25.9 Å². The summed E-state index contributed by atoms with van der Waals surface area (Å²) in [6.45, 7) is 10.1. The molecule has 2 saturated heterocycles. The molecule has 0 unspecified atom stereocenters. The molecule has 2 aliphatic rings. The van der Waals surface area contributed by atoms with Gasteiger partial charge in [-0.1, -0.05) is 6.07 Å². The molecule has 1 aromatic heterocycles. The van der Waals surface area contributed by atoms with Crippen molar-refractivity contribution in [3.8, 4) is 0 Å². The molecule has 2 N–H and O–H groups in total. The van der Waals surface area contributed by atoms with E-state index in [0.29, 0.717) is 36.8 Å². The van der Waals surface area contributed by atoms with Gasteiger partial charge < -0.3 is 19.6 Å². The quantitative estimate of drug-likeness (QED) is 0.606. The zero-order chi connectivity index (χ0) is 23.2. The first kappa shape index (κ1) is 23.8. The zero-order valence-corrected chi connectivity index (χ0v) is 19.0. The number of aliphatic hydroxyl groups excluding tert-OH is 1. The van der Waals surface area contributed by atoms with Crippen molar-refractivity contribution in [2.24, 2.45) is 0 Å². The minimum absolute atomic E-state index is 0.163. The highest BCUT2D eigenvalue weighted by Crippen LogP contribution is 2.15. The number of amides is 1. The number of carbonyl (C=O) groups is 1. The maximum Gasteiger partial charge on any atom is 0.277 e. The van der Waals surface area contributed by atoms with E-state index in [1.165, 1.54) is 12.3 Å². The lowest BCUT2D eigenvalue weighted by Crippen LogP contribution is -2.50. The highest BCUT2D eigenvalue weighted by Gasteiger charge is 2.23. The standard InChI is InChI=1S/C23H32FN5O4/c1-17-2-3-18(12-20(17)24)25-23(31)21-16-33-22(26-21)15-28-6-4-27(5-7-28)13-19(30)14-29-8-10-32-11-9-29/h2-3,12,16,19,30H,4-11,13-15H2,1H3,(H,25,31)/t19-/m0/s1. The summed E-state index contributed by atoms with van der Waals surface area (Å²) in [5, 5.41) is 13.1. The van der Waals surface area contributed by atoms with E-state index in [4.69, 9.17) is 9.15 Å². The molecule has 1 atom stereocenters. The fraction of sp³-hybridized carbons (Fsp3) is 0.565. The maximum absolute atomic E-state index is 13.7. The zero-order valence-electron chi connectivity index (χ0n) is 19.0. The Labute approximate surface area is 193 Å². The number of carbonyl (C=O) groups excluding carboxylic acids is 1. The van der Waals surface area contributed by atoms with Crippen molar-refractivity contribution >= 4 is 11.6 Å². The van der Waals surface area contributed by atoms with Crippen LogP contribution in [-0.4, -0.2) is 102 Å². The van der Waals surface area contributed by atoms with Crippen molar-refractivity contribution < 1.29 is 23.4 Å². The third-order valence-corrected chi connectivity index (χ3v) is 6.08. The molecule has 0 bridgehead atoms. The van der Waals surface area contributed by atoms with E-state index in [-0.39, 0.29) is 17.6 Å². The molecule has 0 spiro atoms. The van der Waals surface area contributed by atoms with Crippen LogP contribution in [0.4, 0.5) is 10.1 Å². The number of ether oxygens (including phenoxy) is 1. The molecule has 3 heterocycles. The Morgan fingerprint density at radius 1 is 1.12 bits per heavy atom. The van der Waals surface area contributed by atoms with Gasteiger partial charge in [0.25, 0.3) is 5.91 Å². The fourth-order valence-electron chi connectivity index (χ4n) is 4.11. The average Bonchev–Trinajstić information content (AvgIpc) is 3.27. The molecule has 1 amide bonds. The topological polar surface area (TPSA) is 94.3 Å². The lowest BCUT2D eigenvalue weighted by atomic mass is 10.2. The van der Waals surface area contributed by atoms with Crippen LogP contribution in [0.15, 0.2) is 28.9 Å². The smallest absolute Gasteiger partial charge is 0.277 e. The summed E-state index contributed by atoms with van der Waals surface area (Å²) in [5.41, 5.74) is 1.05. The van der Waals surface area contributed by atoms with Gasteiger partial charge in [0, 0.05) is 58.0 Å². The lowest BCUT2D eigenvalue weighted by Gasteiger charge is -2.36. The summed E-state index contributed by atoms with van der Waals surface area (Å²) in [4.78, 5) is 23.4. The minimum atomic E-state index is -0.438. The molecular formula is C23H32FN5O4. The molecule has 33 heavy (non-hydrogen) atoms. The van der Waals surface area contributed by atoms with Crippen molar-refractivity contribution in [1.82, 2.24) is 19.7 Å². The van der Waals surface area contributed by atoms with Crippen LogP contribution < -0.4 is 5.32 Å². The first-order valence-electron chi connectivity index (χ1n) is 11.4. The van der Waals surface area contributed by atoms with E-state index in [9.17, 15) is 14.3 Å². The van der Waals surface area contributed by atoms with E-state index in [0.717, 1.165) is 52.5 Å². The van der Waals surface area contributed by atoms with Gasteiger partial charge in [0.2, 0.25) is 5.89 Å². The maximum atomic E-state index is 13.7. The Morgan fingerprint density at radius 3 is 2.48 bits per heavy atom. The Bertz CT molecular complexity index is 925. The van der Waals surface area contributed by atoms with Crippen LogP contribution in [0.2, 0.25) is 0 Å². The number of morpholine rings is 1. The largest absolute Gasteiger partial charge is 0.447 e. The van der Waals surface area contributed by atoms with Crippen molar-refractivity contribution in [3.63, 3.8) is 0 Å². The molecule has 9 nitrogen and oxygen atoms in total. The molecule has 2 aliphatic heterocycles. The Balaban J connectivity index is 1.20. The molecule has 0 saturated carbocycles. The number of nitrogens with one attached hydrogen (secondary N) is 1. The average molecular weight is 462 g/mol. The number of anilines is 1. The number of nitrogens with zero attached hydrogens (tertiary/aromatic N) is 4. The number of benzene rings is 1. The van der Waals surface area contributed by atoms with E-state index in [2.05, 4.69) is 25.0 Å². The van der Waals surface area contributed by atoms with Gasteiger partial charge in [0.15, 0.2) is 5.69 Å². The second-order valence-electron chi connectivity index (χ2n) is 8.69. The number of halogens is 1. The van der Waals surface area contributed by atoms with Gasteiger partial charge in [0.1, 0.15) is 12.1 Å². The predicted octanol–water partition coefficient (Wildman–Crippen LogP) is 1.19. The number of oxazole rings is 1. The van der Waals surface area contributed by atoms with Gasteiger partial charge in [-0.05, 0) is 24.6 Å². The lowest BCUT2D eigenvalue weighted by molar-refractivity contribution is 0.00187. The number of aryl methyl sites for hydroxylation is 1.